The lowest BCUT2D eigenvalue weighted by molar-refractivity contribution is -0.124. The normalized spacial score (nSPS) is 11.6. The first-order valence-corrected chi connectivity index (χ1v) is 8.61. The van der Waals surface area contributed by atoms with Crippen molar-refractivity contribution in [2.75, 3.05) is 13.2 Å². The summed E-state index contributed by atoms with van der Waals surface area (Å²) >= 11 is 0. The molecule has 3 rings (SSSR count). The molecular weight excluding hydrogens is 344 g/mol. The largest absolute Gasteiger partial charge is 0.492 e. The lowest BCUT2D eigenvalue weighted by Crippen LogP contribution is -2.38. The maximum Gasteiger partial charge on any atom is 0.267 e. The van der Waals surface area contributed by atoms with E-state index in [4.69, 9.17) is 4.74 Å². The van der Waals surface area contributed by atoms with E-state index >= 15 is 0 Å². The van der Waals surface area contributed by atoms with Gasteiger partial charge in [0.05, 0.1) is 12.2 Å². The number of hydrogen-bond donors (Lipinski definition) is 1. The minimum absolute atomic E-state index is 0.301. The minimum Gasteiger partial charge on any atom is -0.492 e. The first kappa shape index (κ1) is 18.3. The maximum absolute atomic E-state index is 12.4. The summed E-state index contributed by atoms with van der Waals surface area (Å²) in [5.74, 6) is 0.437. The van der Waals surface area contributed by atoms with Gasteiger partial charge in [0, 0.05) is 24.0 Å². The zero-order valence-electron chi connectivity index (χ0n) is 14.9. The molecule has 138 valence electrons. The zero-order chi connectivity index (χ0) is 19.1. The van der Waals surface area contributed by atoms with Crippen LogP contribution in [0.2, 0.25) is 0 Å². The van der Waals surface area contributed by atoms with Crippen molar-refractivity contribution in [3.05, 3.63) is 77.3 Å². The number of hydrogen-bond acceptors (Lipinski definition) is 5. The zero-order valence-corrected chi connectivity index (χ0v) is 14.9. The van der Waals surface area contributed by atoms with E-state index in [9.17, 15) is 9.59 Å². The third-order valence-electron chi connectivity index (χ3n) is 3.94. The molecule has 27 heavy (non-hydrogen) atoms. The van der Waals surface area contributed by atoms with Gasteiger partial charge in [0.15, 0.2) is 0 Å². The molecule has 1 N–H and O–H groups in total. The van der Waals surface area contributed by atoms with Crippen molar-refractivity contribution >= 4 is 5.91 Å². The fourth-order valence-electron chi connectivity index (χ4n) is 2.49. The van der Waals surface area contributed by atoms with E-state index in [1.807, 2.05) is 36.4 Å². The van der Waals surface area contributed by atoms with Gasteiger partial charge in [-0.3, -0.25) is 14.6 Å². The molecule has 0 aliphatic carbocycles. The van der Waals surface area contributed by atoms with Crippen molar-refractivity contribution in [1.29, 1.82) is 0 Å². The number of pyridine rings is 1. The number of ether oxygens (including phenoxy) is 1. The summed E-state index contributed by atoms with van der Waals surface area (Å²) in [7, 11) is 0. The van der Waals surface area contributed by atoms with Crippen LogP contribution in [0.3, 0.4) is 0 Å². The number of amides is 1. The van der Waals surface area contributed by atoms with E-state index in [-0.39, 0.29) is 11.5 Å². The number of aromatic nitrogens is 3. The number of rotatable bonds is 7. The van der Waals surface area contributed by atoms with Crippen LogP contribution in [0, 0.1) is 0 Å². The van der Waals surface area contributed by atoms with Gasteiger partial charge >= 0.3 is 0 Å². The lowest BCUT2D eigenvalue weighted by Gasteiger charge is -2.15. The summed E-state index contributed by atoms with van der Waals surface area (Å²) < 4.78 is 6.71. The molecule has 0 saturated carbocycles. The molecule has 7 nitrogen and oxygen atoms in total. The Morgan fingerprint density at radius 1 is 1.15 bits per heavy atom. The molecule has 0 bridgehead atoms. The molecular formula is C20H20N4O3. The fourth-order valence-corrected chi connectivity index (χ4v) is 2.49. The first-order chi connectivity index (χ1) is 13.1. The Bertz CT molecular complexity index is 942. The summed E-state index contributed by atoms with van der Waals surface area (Å²) in [6, 6.07) is 15.3. The maximum atomic E-state index is 12.4. The van der Waals surface area contributed by atoms with Crippen LogP contribution in [0.1, 0.15) is 13.0 Å². The van der Waals surface area contributed by atoms with Crippen LogP contribution in [0.4, 0.5) is 0 Å². The van der Waals surface area contributed by atoms with Crippen molar-refractivity contribution < 1.29 is 9.53 Å². The van der Waals surface area contributed by atoms with Crippen molar-refractivity contribution in [2.24, 2.45) is 0 Å². The Morgan fingerprint density at radius 3 is 2.70 bits per heavy atom. The van der Waals surface area contributed by atoms with Crippen molar-refractivity contribution in [2.45, 2.75) is 13.0 Å². The van der Waals surface area contributed by atoms with Crippen LogP contribution in [-0.2, 0) is 4.79 Å². The molecule has 0 fully saturated rings. The molecule has 0 radical (unpaired) electrons. The summed E-state index contributed by atoms with van der Waals surface area (Å²) in [5.41, 5.74) is 1.01. The first-order valence-electron chi connectivity index (χ1n) is 8.61. The van der Waals surface area contributed by atoms with Gasteiger partial charge in [-0.2, -0.15) is 5.10 Å². The van der Waals surface area contributed by atoms with Crippen LogP contribution >= 0.6 is 0 Å². The number of nitrogens with zero attached hydrogens (tertiary/aromatic N) is 3. The Kier molecular flexibility index (Phi) is 5.94. The monoisotopic (exact) mass is 364 g/mol. The Hall–Kier alpha value is -3.48. The molecule has 7 heteroatoms. The number of benzene rings is 1. The van der Waals surface area contributed by atoms with Crippen molar-refractivity contribution in [3.63, 3.8) is 0 Å². The molecule has 0 aliphatic rings. The second kappa shape index (κ2) is 8.75. The topological polar surface area (TPSA) is 86.1 Å². The van der Waals surface area contributed by atoms with E-state index in [2.05, 4.69) is 15.4 Å². The van der Waals surface area contributed by atoms with Gasteiger partial charge < -0.3 is 10.1 Å². The van der Waals surface area contributed by atoms with E-state index in [0.717, 1.165) is 11.3 Å². The Balaban J connectivity index is 1.61. The molecule has 2 aromatic heterocycles. The molecule has 1 atom stereocenters. The molecule has 0 spiro atoms. The lowest BCUT2D eigenvalue weighted by atomic mass is 10.2. The Morgan fingerprint density at radius 2 is 1.96 bits per heavy atom. The van der Waals surface area contributed by atoms with E-state index in [1.165, 1.54) is 10.7 Å². The fraction of sp³-hybridized carbons (Fsp3) is 0.200. The van der Waals surface area contributed by atoms with Gasteiger partial charge in [0.25, 0.3) is 5.56 Å². The van der Waals surface area contributed by atoms with Crippen LogP contribution in [0.15, 0.2) is 71.8 Å². The second-order valence-corrected chi connectivity index (χ2v) is 5.87. The summed E-state index contributed by atoms with van der Waals surface area (Å²) in [4.78, 5) is 28.6. The highest BCUT2D eigenvalue weighted by molar-refractivity contribution is 5.79. The highest BCUT2D eigenvalue weighted by Crippen LogP contribution is 2.14. The van der Waals surface area contributed by atoms with Gasteiger partial charge in [-0.05, 0) is 37.3 Å². The summed E-state index contributed by atoms with van der Waals surface area (Å²) in [6.07, 6.45) is 3.32. The molecule has 2 heterocycles. The predicted molar refractivity (Wildman–Crippen MR) is 101 cm³/mol. The van der Waals surface area contributed by atoms with Gasteiger partial charge in [-0.25, -0.2) is 4.68 Å². The predicted octanol–water partition coefficient (Wildman–Crippen LogP) is 2.06. The quantitative estimate of drug-likeness (QED) is 0.649. The van der Waals surface area contributed by atoms with Crippen molar-refractivity contribution in [1.82, 2.24) is 20.1 Å². The smallest absolute Gasteiger partial charge is 0.267 e. The average Bonchev–Trinajstić information content (AvgIpc) is 2.72. The van der Waals surface area contributed by atoms with E-state index in [0.29, 0.717) is 18.8 Å². The van der Waals surface area contributed by atoms with Gasteiger partial charge in [-0.15, -0.1) is 0 Å². The number of nitrogens with one attached hydrogen (secondary N) is 1. The van der Waals surface area contributed by atoms with Crippen LogP contribution in [0.5, 0.6) is 5.75 Å². The van der Waals surface area contributed by atoms with E-state index in [1.54, 1.807) is 31.5 Å². The Labute approximate surface area is 156 Å². The molecule has 1 unspecified atom stereocenters. The average molecular weight is 364 g/mol. The third-order valence-corrected chi connectivity index (χ3v) is 3.94. The molecule has 1 aromatic carbocycles. The van der Waals surface area contributed by atoms with Crippen LogP contribution in [-0.4, -0.2) is 33.8 Å². The number of carbonyl (C=O) groups is 1. The molecule has 1 amide bonds. The minimum atomic E-state index is -0.745. The standard InChI is InChI=1S/C20H20N4O3/c1-15(20(26)22-12-13-27-17-7-3-2-4-8-17)24-19(25)10-9-18(23-24)16-6-5-11-21-14-16/h2-11,14-15H,12-13H2,1H3,(H,22,26). The number of carbonyl (C=O) groups excluding carboxylic acids is 1. The van der Waals surface area contributed by atoms with Gasteiger partial charge in [0.1, 0.15) is 18.4 Å². The van der Waals surface area contributed by atoms with Gasteiger partial charge in [0.2, 0.25) is 5.91 Å². The summed E-state index contributed by atoms with van der Waals surface area (Å²) in [5, 5.41) is 7.07. The van der Waals surface area contributed by atoms with Crippen LogP contribution < -0.4 is 15.6 Å². The second-order valence-electron chi connectivity index (χ2n) is 5.87. The molecule has 3 aromatic rings. The highest BCUT2D eigenvalue weighted by Gasteiger charge is 2.17. The highest BCUT2D eigenvalue weighted by atomic mass is 16.5. The van der Waals surface area contributed by atoms with Gasteiger partial charge in [-0.1, -0.05) is 18.2 Å². The van der Waals surface area contributed by atoms with Crippen molar-refractivity contribution in [3.8, 4) is 17.0 Å². The SMILES string of the molecule is CC(C(=O)NCCOc1ccccc1)n1nc(-c2cccnc2)ccc1=O. The van der Waals surface area contributed by atoms with Crippen LogP contribution in [0.25, 0.3) is 11.3 Å². The summed E-state index contributed by atoms with van der Waals surface area (Å²) in [6.45, 7) is 2.30. The molecule has 0 aliphatic heterocycles. The molecule has 0 saturated heterocycles. The third kappa shape index (κ3) is 4.78. The van der Waals surface area contributed by atoms with E-state index < -0.39 is 6.04 Å². The number of para-hydroxylation sites is 1.